The Morgan fingerprint density at radius 3 is 1.77 bits per heavy atom. The molecule has 0 bridgehead atoms. The van der Waals surface area contributed by atoms with Gasteiger partial charge in [0.25, 0.3) is 0 Å². The summed E-state index contributed by atoms with van der Waals surface area (Å²) in [5, 5.41) is 9.20. The van der Waals surface area contributed by atoms with E-state index in [1.54, 1.807) is 0 Å². The lowest BCUT2D eigenvalue weighted by Gasteiger charge is -2.36. The monoisotopic (exact) mass is 781 g/mol. The van der Waals surface area contributed by atoms with E-state index in [0.29, 0.717) is 0 Å². The van der Waals surface area contributed by atoms with Crippen molar-refractivity contribution < 1.29 is 13.3 Å². The molecule has 0 spiro atoms. The fourth-order valence-electron chi connectivity index (χ4n) is 10.8. The van der Waals surface area contributed by atoms with Gasteiger partial charge < -0.3 is 18.2 Å². The summed E-state index contributed by atoms with van der Waals surface area (Å²) in [4.78, 5) is 2.45. The van der Waals surface area contributed by atoms with Crippen molar-refractivity contribution in [2.45, 2.75) is 0 Å². The predicted octanol–water partition coefficient (Wildman–Crippen LogP) is 13.7. The largest absolute Gasteiger partial charge is 0.455 e. The molecule has 2 aliphatic heterocycles. The minimum atomic E-state index is -0.0597. The fourth-order valence-corrected chi connectivity index (χ4v) is 12.0. The number of para-hydroxylation sites is 4. The van der Waals surface area contributed by atoms with Crippen molar-refractivity contribution in [3.05, 3.63) is 170 Å². The van der Waals surface area contributed by atoms with Crippen molar-refractivity contribution in [3.8, 4) is 22.3 Å². The van der Waals surface area contributed by atoms with Gasteiger partial charge in [-0.15, -0.1) is 11.3 Å². The van der Waals surface area contributed by atoms with Crippen molar-refractivity contribution in [3.63, 3.8) is 0 Å². The van der Waals surface area contributed by atoms with Crippen LogP contribution in [0.2, 0.25) is 0 Å². The van der Waals surface area contributed by atoms with Gasteiger partial charge in [-0.25, -0.2) is 0 Å². The Morgan fingerprint density at radius 1 is 0.417 bits per heavy atom. The summed E-state index contributed by atoms with van der Waals surface area (Å²) in [5.74, 6) is 0. The first-order chi connectivity index (χ1) is 29.8. The van der Waals surface area contributed by atoms with Gasteiger partial charge in [-0.3, -0.25) is 0 Å². The maximum absolute atomic E-state index is 7.01. The van der Waals surface area contributed by atoms with Crippen LogP contribution in [0.1, 0.15) is 0 Å². The van der Waals surface area contributed by atoms with Crippen LogP contribution < -0.4 is 21.3 Å². The first-order valence-corrected chi connectivity index (χ1v) is 21.3. The fraction of sp³-hybridized carbons (Fsp3) is 0. The van der Waals surface area contributed by atoms with Gasteiger partial charge in [0.1, 0.15) is 22.3 Å². The molecule has 9 aromatic carbocycles. The molecule has 4 aromatic heterocycles. The van der Waals surface area contributed by atoms with Gasteiger partial charge in [0, 0.05) is 63.7 Å². The molecule has 0 saturated heterocycles. The molecule has 15 rings (SSSR count). The number of furan rings is 3. The van der Waals surface area contributed by atoms with E-state index < -0.39 is 0 Å². The van der Waals surface area contributed by atoms with Crippen LogP contribution in [0, 0.1) is 0 Å². The van der Waals surface area contributed by atoms with E-state index in [4.69, 9.17) is 13.3 Å². The van der Waals surface area contributed by atoms with E-state index in [1.807, 2.05) is 17.4 Å². The van der Waals surface area contributed by atoms with Crippen LogP contribution in [0.5, 0.6) is 0 Å². The highest BCUT2D eigenvalue weighted by molar-refractivity contribution is 7.26. The molecule has 276 valence electrons. The number of rotatable bonds is 2. The summed E-state index contributed by atoms with van der Waals surface area (Å²) in [6.07, 6.45) is 0. The first kappa shape index (κ1) is 31.5. The molecule has 0 fully saturated rings. The molecule has 13 aromatic rings. The molecule has 0 amide bonds. The summed E-state index contributed by atoms with van der Waals surface area (Å²) < 4.78 is 23.4. The zero-order chi connectivity index (χ0) is 38.8. The first-order valence-electron chi connectivity index (χ1n) is 20.4. The number of nitrogens with zero attached hydrogens (tertiary/aromatic N) is 1. The predicted molar refractivity (Wildman–Crippen MR) is 251 cm³/mol. The normalized spacial score (nSPS) is 13.3. The number of thiophene rings is 1. The van der Waals surface area contributed by atoms with E-state index in [2.05, 4.69) is 169 Å². The van der Waals surface area contributed by atoms with Crippen molar-refractivity contribution in [1.82, 2.24) is 0 Å². The maximum Gasteiger partial charge on any atom is 0.248 e. The van der Waals surface area contributed by atoms with Crippen LogP contribution >= 0.6 is 11.3 Å². The van der Waals surface area contributed by atoms with E-state index in [1.165, 1.54) is 47.7 Å². The summed E-state index contributed by atoms with van der Waals surface area (Å²) >= 11 is 1.87. The molecule has 4 nitrogen and oxygen atoms in total. The average Bonchev–Trinajstić information content (AvgIpc) is 4.12. The number of fused-ring (bicyclic) bond motifs is 19. The van der Waals surface area contributed by atoms with Crippen molar-refractivity contribution >= 4 is 137 Å². The Labute approximate surface area is 346 Å². The lowest BCUT2D eigenvalue weighted by atomic mass is 9.37. The van der Waals surface area contributed by atoms with Gasteiger partial charge in [0.05, 0.1) is 11.4 Å². The smallest absolute Gasteiger partial charge is 0.248 e. The number of hydrogen-bond acceptors (Lipinski definition) is 5. The zero-order valence-electron chi connectivity index (χ0n) is 31.8. The molecule has 0 aliphatic carbocycles. The SMILES string of the molecule is c1ccc2c(c1)oc1c(N3c4cc(-c5cccc6c5sc5ccccc56)cc5c4B(c4ccc6c(oc7ccccc76)c4-5)c4ccc5c(oc6ccccc65)c43)cccc12. The van der Waals surface area contributed by atoms with E-state index in [9.17, 15) is 0 Å². The molecule has 0 atom stereocenters. The molecule has 6 heterocycles. The average molecular weight is 782 g/mol. The van der Waals surface area contributed by atoms with Crippen LogP contribution in [0.3, 0.4) is 0 Å². The number of benzene rings is 9. The van der Waals surface area contributed by atoms with Crippen molar-refractivity contribution in [2.24, 2.45) is 0 Å². The van der Waals surface area contributed by atoms with Crippen LogP contribution in [0.4, 0.5) is 17.1 Å². The van der Waals surface area contributed by atoms with E-state index in [0.717, 1.165) is 94.0 Å². The van der Waals surface area contributed by atoms with Crippen molar-refractivity contribution in [1.29, 1.82) is 0 Å². The third kappa shape index (κ3) is 3.88. The van der Waals surface area contributed by atoms with Gasteiger partial charge in [0.15, 0.2) is 11.2 Å². The molecular weight excluding hydrogens is 753 g/mol. The minimum Gasteiger partial charge on any atom is -0.455 e. The van der Waals surface area contributed by atoms with E-state index in [-0.39, 0.29) is 6.71 Å². The zero-order valence-corrected chi connectivity index (χ0v) is 32.6. The summed E-state index contributed by atoms with van der Waals surface area (Å²) in [6, 6.07) is 61.3. The highest BCUT2D eigenvalue weighted by Gasteiger charge is 2.46. The Balaban J connectivity index is 1.13. The van der Waals surface area contributed by atoms with E-state index >= 15 is 0 Å². The molecular formula is C54H28BNO3S. The molecule has 0 radical (unpaired) electrons. The van der Waals surface area contributed by atoms with Crippen LogP contribution in [-0.4, -0.2) is 6.71 Å². The van der Waals surface area contributed by atoms with Crippen LogP contribution in [-0.2, 0) is 0 Å². The Kier molecular flexibility index (Phi) is 5.84. The summed E-state index contributed by atoms with van der Waals surface area (Å²) in [7, 11) is 0. The second kappa shape index (κ2) is 11.1. The minimum absolute atomic E-state index is 0.0597. The molecule has 0 saturated carbocycles. The summed E-state index contributed by atoms with van der Waals surface area (Å²) in [5.41, 5.74) is 16.8. The molecule has 6 heteroatoms. The van der Waals surface area contributed by atoms with Crippen molar-refractivity contribution in [2.75, 3.05) is 4.90 Å². The molecule has 0 unspecified atom stereocenters. The second-order valence-electron chi connectivity index (χ2n) is 16.2. The molecule has 60 heavy (non-hydrogen) atoms. The Hall–Kier alpha value is -7.54. The van der Waals surface area contributed by atoms with Crippen LogP contribution in [0.15, 0.2) is 183 Å². The highest BCUT2D eigenvalue weighted by Crippen LogP contribution is 2.51. The maximum atomic E-state index is 7.01. The Bertz CT molecular complexity index is 4050. The number of hydrogen-bond donors (Lipinski definition) is 0. The van der Waals surface area contributed by atoms with Gasteiger partial charge >= 0.3 is 0 Å². The number of anilines is 3. The molecule has 0 N–H and O–H groups in total. The summed E-state index contributed by atoms with van der Waals surface area (Å²) in [6.45, 7) is -0.0597. The lowest BCUT2D eigenvalue weighted by molar-refractivity contribution is 0.666. The quantitative estimate of drug-likeness (QED) is 0.164. The topological polar surface area (TPSA) is 42.7 Å². The van der Waals surface area contributed by atoms with Gasteiger partial charge in [-0.2, -0.15) is 0 Å². The van der Waals surface area contributed by atoms with Gasteiger partial charge in [-0.1, -0.05) is 133 Å². The molecule has 2 aliphatic rings. The third-order valence-electron chi connectivity index (χ3n) is 13.3. The van der Waals surface area contributed by atoms with Gasteiger partial charge in [-0.05, 0) is 70.1 Å². The third-order valence-corrected chi connectivity index (χ3v) is 14.5. The Morgan fingerprint density at radius 2 is 1.00 bits per heavy atom. The van der Waals surface area contributed by atoms with Crippen LogP contribution in [0.25, 0.3) is 108 Å². The highest BCUT2D eigenvalue weighted by atomic mass is 32.1. The van der Waals surface area contributed by atoms with Gasteiger partial charge in [0.2, 0.25) is 6.71 Å². The standard InChI is InChI=1S/C54H28BNO3S/c1-5-19-44-31(11-1)35-16-10-18-42(51(35)57-44)56-43-28-29(30-15-9-17-38-34-14-4-8-22-47(34)60-54(30)38)27-39-48-40(25-23-36-32-12-2-6-20-45(32)58-52(36)48)55(49(39)43)41-26-24-37-33-13-3-7-21-46(33)59-53(37)50(41)56/h1-28H. The second-order valence-corrected chi connectivity index (χ2v) is 17.3. The lowest BCUT2D eigenvalue weighted by Crippen LogP contribution is -2.54.